The Balaban J connectivity index is 1.36. The lowest BCUT2D eigenvalue weighted by atomic mass is 9.96. The van der Waals surface area contributed by atoms with Gasteiger partial charge in [-0.25, -0.2) is 20.4 Å². The number of hydrogen-bond donors (Lipinski definition) is 3. The lowest BCUT2D eigenvalue weighted by molar-refractivity contribution is -0.0427. The molecule has 9 nitrogen and oxygen atoms in total. The zero-order valence-electron chi connectivity index (χ0n) is 17.2. The molecule has 0 bridgehead atoms. The molecule has 4 heterocycles. The molecule has 0 aromatic carbocycles. The van der Waals surface area contributed by atoms with Crippen molar-refractivity contribution in [1.82, 2.24) is 25.8 Å². The lowest BCUT2D eigenvalue weighted by Gasteiger charge is -2.26. The summed E-state index contributed by atoms with van der Waals surface area (Å²) in [5, 5.41) is 14.4. The number of aromatic nitrogens is 2. The molecule has 3 aliphatic rings. The molecular weight excluding hydrogens is 382 g/mol. The first-order valence-electron chi connectivity index (χ1n) is 10.4. The summed E-state index contributed by atoms with van der Waals surface area (Å²) < 4.78 is 5.77. The first-order chi connectivity index (χ1) is 14.6. The van der Waals surface area contributed by atoms with E-state index in [0.717, 1.165) is 46.9 Å². The number of ether oxygens (including phenoxy) is 1. The predicted molar refractivity (Wildman–Crippen MR) is 113 cm³/mol. The van der Waals surface area contributed by atoms with Crippen LogP contribution in [0, 0.1) is 0 Å². The third-order valence-electron chi connectivity index (χ3n) is 5.84. The van der Waals surface area contributed by atoms with Gasteiger partial charge in [-0.3, -0.25) is 9.99 Å². The number of aliphatic hydroxyl groups excluding tert-OH is 1. The summed E-state index contributed by atoms with van der Waals surface area (Å²) >= 11 is 0. The second-order valence-corrected chi connectivity index (χ2v) is 8.16. The maximum absolute atomic E-state index is 10.5. The van der Waals surface area contributed by atoms with Crippen LogP contribution < -0.4 is 15.9 Å². The smallest absolute Gasteiger partial charge is 0.152 e. The number of fused-ring (bicyclic) bond motifs is 1. The van der Waals surface area contributed by atoms with E-state index >= 15 is 0 Å². The van der Waals surface area contributed by atoms with E-state index in [1.165, 1.54) is 6.42 Å². The second-order valence-electron chi connectivity index (χ2n) is 8.16. The van der Waals surface area contributed by atoms with Crippen LogP contribution >= 0.6 is 0 Å². The van der Waals surface area contributed by atoms with Crippen molar-refractivity contribution in [2.75, 3.05) is 25.3 Å². The van der Waals surface area contributed by atoms with Gasteiger partial charge < -0.3 is 15.3 Å². The molecule has 2 aliphatic heterocycles. The Labute approximate surface area is 175 Å². The normalized spacial score (nSPS) is 22.4. The van der Waals surface area contributed by atoms with E-state index in [0.29, 0.717) is 19.4 Å². The van der Waals surface area contributed by atoms with E-state index in [2.05, 4.69) is 32.7 Å². The molecule has 2 aromatic rings. The predicted octanol–water partition coefficient (Wildman–Crippen LogP) is 1.95. The molecule has 30 heavy (non-hydrogen) atoms. The summed E-state index contributed by atoms with van der Waals surface area (Å²) in [7, 11) is 1.95. The monoisotopic (exact) mass is 409 g/mol. The van der Waals surface area contributed by atoms with Crippen LogP contribution in [0.15, 0.2) is 35.7 Å². The quantitative estimate of drug-likeness (QED) is 0.666. The van der Waals surface area contributed by atoms with Crippen molar-refractivity contribution in [2.45, 2.75) is 44.4 Å². The number of anilines is 2. The van der Waals surface area contributed by atoms with Crippen LogP contribution in [-0.2, 0) is 4.74 Å². The van der Waals surface area contributed by atoms with E-state index in [-0.39, 0.29) is 6.04 Å². The van der Waals surface area contributed by atoms with E-state index in [1.807, 2.05) is 29.2 Å². The first kappa shape index (κ1) is 19.4. The number of rotatable bonds is 6. The number of hydrazine groups is 2. The van der Waals surface area contributed by atoms with Gasteiger partial charge in [0.15, 0.2) is 5.82 Å². The Bertz CT molecular complexity index is 962. The zero-order valence-corrected chi connectivity index (χ0v) is 17.2. The minimum atomic E-state index is -0.668. The average molecular weight is 409 g/mol. The summed E-state index contributed by atoms with van der Waals surface area (Å²) in [4.78, 5) is 13.5. The van der Waals surface area contributed by atoms with E-state index < -0.39 is 6.10 Å². The number of nitrogens with one attached hydrogen (secondary N) is 2. The Morgan fingerprint density at radius 2 is 2.13 bits per heavy atom. The van der Waals surface area contributed by atoms with Crippen molar-refractivity contribution < 1.29 is 9.84 Å². The zero-order chi connectivity index (χ0) is 20.7. The Hall–Kier alpha value is -2.59. The summed E-state index contributed by atoms with van der Waals surface area (Å²) in [6.45, 7) is 3.00. The van der Waals surface area contributed by atoms with Crippen molar-refractivity contribution in [1.29, 1.82) is 0 Å². The van der Waals surface area contributed by atoms with Crippen molar-refractivity contribution in [2.24, 2.45) is 4.99 Å². The van der Waals surface area contributed by atoms with Crippen LogP contribution in [0.1, 0.15) is 55.0 Å². The van der Waals surface area contributed by atoms with Gasteiger partial charge in [-0.15, -0.1) is 0 Å². The van der Waals surface area contributed by atoms with Gasteiger partial charge in [-0.05, 0) is 38.3 Å². The van der Waals surface area contributed by atoms with Gasteiger partial charge in [0.25, 0.3) is 0 Å². The molecule has 0 saturated heterocycles. The number of nitrogens with zero attached hydrogens (tertiary/aromatic N) is 5. The van der Waals surface area contributed by atoms with Crippen molar-refractivity contribution in [3.63, 3.8) is 0 Å². The molecule has 0 amide bonds. The van der Waals surface area contributed by atoms with Crippen LogP contribution in [0.4, 0.5) is 11.5 Å². The molecular formula is C21H27N7O2. The first-order valence-corrected chi connectivity index (χ1v) is 10.4. The number of hydrogen-bond acceptors (Lipinski definition) is 9. The van der Waals surface area contributed by atoms with Gasteiger partial charge in [0.05, 0.1) is 30.6 Å². The second kappa shape index (κ2) is 7.92. The summed E-state index contributed by atoms with van der Waals surface area (Å²) in [5.41, 5.74) is 10.3. The highest BCUT2D eigenvalue weighted by Crippen LogP contribution is 2.37. The van der Waals surface area contributed by atoms with Gasteiger partial charge in [0.1, 0.15) is 18.6 Å². The lowest BCUT2D eigenvalue weighted by Crippen LogP contribution is -2.33. The summed E-state index contributed by atoms with van der Waals surface area (Å²) in [6, 6.07) is 4.11. The van der Waals surface area contributed by atoms with Crippen molar-refractivity contribution in [3.05, 3.63) is 47.4 Å². The molecule has 3 N–H and O–H groups in total. The molecule has 158 valence electrons. The Kier molecular flexibility index (Phi) is 5.11. The highest BCUT2D eigenvalue weighted by Gasteiger charge is 2.30. The van der Waals surface area contributed by atoms with E-state index in [9.17, 15) is 5.11 Å². The van der Waals surface area contributed by atoms with E-state index in [1.54, 1.807) is 18.6 Å². The molecule has 1 fully saturated rings. The molecule has 1 saturated carbocycles. The number of aliphatic imine (C=N–C) groups is 1. The standard InChI is InChI=1S/C21H27N7O2/c1-13-18-7-14(19(29)11-30-17-4-3-5-17)9-23-21(18)28(25-13)16-6-15(8-22-10-16)20-24-12-27(2)26-20/h6-10,13,17,19,25,29H,3-5,11-12H2,1-2H3,(H,24,26)/t13?,19-/m0/s1. The minimum Gasteiger partial charge on any atom is -0.386 e. The van der Waals surface area contributed by atoms with Crippen LogP contribution in [0.2, 0.25) is 0 Å². The molecule has 1 aliphatic carbocycles. The van der Waals surface area contributed by atoms with Gasteiger partial charge in [0, 0.05) is 36.1 Å². The Morgan fingerprint density at radius 1 is 1.27 bits per heavy atom. The summed E-state index contributed by atoms with van der Waals surface area (Å²) in [6.07, 6.45) is 8.37. The topological polar surface area (TPSA) is 98.1 Å². The molecule has 2 atom stereocenters. The van der Waals surface area contributed by atoms with Crippen LogP contribution in [0.5, 0.6) is 0 Å². The SMILES string of the molecule is CC1NN(c2cncc(C3=NCN(C)N3)c2)c2ncc([C@@H](O)COC3CCC3)cc21. The largest absolute Gasteiger partial charge is 0.386 e. The molecule has 5 rings (SSSR count). The molecule has 1 unspecified atom stereocenters. The molecule has 0 radical (unpaired) electrons. The summed E-state index contributed by atoms with van der Waals surface area (Å²) in [5.74, 6) is 1.62. The number of amidine groups is 1. The average Bonchev–Trinajstić information content (AvgIpc) is 3.30. The molecule has 2 aromatic heterocycles. The Morgan fingerprint density at radius 3 is 2.87 bits per heavy atom. The molecule has 9 heteroatoms. The van der Waals surface area contributed by atoms with Crippen LogP contribution in [-0.4, -0.2) is 52.3 Å². The third-order valence-corrected chi connectivity index (χ3v) is 5.84. The molecule has 0 spiro atoms. The highest BCUT2D eigenvalue weighted by atomic mass is 16.5. The maximum atomic E-state index is 10.5. The highest BCUT2D eigenvalue weighted by molar-refractivity contribution is 5.99. The maximum Gasteiger partial charge on any atom is 0.152 e. The number of pyridine rings is 2. The van der Waals surface area contributed by atoms with Gasteiger partial charge in [0.2, 0.25) is 0 Å². The van der Waals surface area contributed by atoms with Crippen molar-refractivity contribution in [3.8, 4) is 0 Å². The van der Waals surface area contributed by atoms with Gasteiger partial charge >= 0.3 is 0 Å². The number of aliphatic hydroxyl groups is 1. The van der Waals surface area contributed by atoms with Crippen molar-refractivity contribution >= 4 is 17.3 Å². The van der Waals surface area contributed by atoms with Gasteiger partial charge in [-0.2, -0.15) is 0 Å². The van der Waals surface area contributed by atoms with Gasteiger partial charge in [-0.1, -0.05) is 0 Å². The fourth-order valence-corrected chi connectivity index (χ4v) is 3.83. The van der Waals surface area contributed by atoms with E-state index in [4.69, 9.17) is 4.74 Å². The third kappa shape index (κ3) is 3.65. The van der Waals surface area contributed by atoms with Crippen LogP contribution in [0.3, 0.4) is 0 Å². The van der Waals surface area contributed by atoms with Crippen LogP contribution in [0.25, 0.3) is 0 Å². The minimum absolute atomic E-state index is 0.0592. The fourth-order valence-electron chi connectivity index (χ4n) is 3.83. The fraction of sp³-hybridized carbons (Fsp3) is 0.476.